The third-order valence-electron chi connectivity index (χ3n) is 8.66. The van der Waals surface area contributed by atoms with E-state index in [4.69, 9.17) is 9.47 Å². The summed E-state index contributed by atoms with van der Waals surface area (Å²) in [7, 11) is 0. The SMILES string of the molecule is O=C(N[C@H]1[C@@H](O)[C@@H](CO)OC(SC2O[C@H](CO)[C@H](O)[C@H](NC(=O)c3ccc4ccccc4c3)[C@H]2O)[C@@H]1O)c1ccc2ccccc2c1. The van der Waals surface area contributed by atoms with E-state index >= 15 is 0 Å². The monoisotopic (exact) mass is 664 g/mol. The quantitative estimate of drug-likeness (QED) is 0.131. The minimum Gasteiger partial charge on any atom is -0.394 e. The highest BCUT2D eigenvalue weighted by Crippen LogP contribution is 2.37. The van der Waals surface area contributed by atoms with Crippen molar-refractivity contribution in [2.24, 2.45) is 0 Å². The molecule has 0 spiro atoms. The standard InChI is InChI=1S/C34H36N2O10S/c37-15-23-27(39)25(35-31(43)21-11-9-17-5-1-3-7-19(17)13-21)29(41)33(45-23)47-34-30(42)26(28(40)24(16-38)46-34)36-32(44)22-12-10-18-6-2-4-8-20(18)14-22/h1-14,23-30,33-34,37-42H,15-16H2,(H,35,43)(H,36,44)/t23-,24-,25+,26+,27+,28+,29-,30-,33?,34?/m1/s1. The number of amides is 2. The fourth-order valence-electron chi connectivity index (χ4n) is 6.00. The zero-order valence-electron chi connectivity index (χ0n) is 25.0. The predicted octanol–water partition coefficient (Wildman–Crippen LogP) is 0.501. The van der Waals surface area contributed by atoms with Gasteiger partial charge in [-0.25, -0.2) is 0 Å². The highest BCUT2D eigenvalue weighted by Gasteiger charge is 2.50. The van der Waals surface area contributed by atoms with Crippen molar-refractivity contribution in [3.63, 3.8) is 0 Å². The summed E-state index contributed by atoms with van der Waals surface area (Å²) in [6.45, 7) is -1.30. The molecule has 13 heteroatoms. The number of hydrogen-bond donors (Lipinski definition) is 8. The second kappa shape index (κ2) is 14.2. The van der Waals surface area contributed by atoms with Crippen LogP contribution in [0.1, 0.15) is 20.7 Å². The normalized spacial score (nSPS) is 31.0. The van der Waals surface area contributed by atoms with E-state index in [-0.39, 0.29) is 11.1 Å². The Morgan fingerprint density at radius 2 is 0.957 bits per heavy atom. The molecule has 0 aromatic heterocycles. The van der Waals surface area contributed by atoms with E-state index in [1.807, 2.05) is 48.5 Å². The molecule has 0 saturated carbocycles. The van der Waals surface area contributed by atoms with Crippen LogP contribution in [-0.2, 0) is 9.47 Å². The molecule has 4 aromatic rings. The summed E-state index contributed by atoms with van der Waals surface area (Å²) < 4.78 is 11.5. The number of aliphatic hydroxyl groups excluding tert-OH is 6. The summed E-state index contributed by atoms with van der Waals surface area (Å²) in [5.41, 5.74) is -1.95. The van der Waals surface area contributed by atoms with Crippen LogP contribution in [0.25, 0.3) is 21.5 Å². The lowest BCUT2D eigenvalue weighted by Crippen LogP contribution is -2.66. The maximum absolute atomic E-state index is 13.2. The second-order valence-electron chi connectivity index (χ2n) is 11.7. The van der Waals surface area contributed by atoms with Crippen molar-refractivity contribution in [2.45, 2.75) is 59.6 Å². The van der Waals surface area contributed by atoms with Crippen molar-refractivity contribution in [1.82, 2.24) is 10.6 Å². The molecule has 2 unspecified atom stereocenters. The fraction of sp³-hybridized carbons (Fsp3) is 0.353. The molecule has 8 N–H and O–H groups in total. The molecule has 12 nitrogen and oxygen atoms in total. The van der Waals surface area contributed by atoms with Gasteiger partial charge in [0.1, 0.15) is 47.5 Å². The number of aliphatic hydroxyl groups is 6. The number of carbonyl (C=O) groups is 2. The highest BCUT2D eigenvalue weighted by molar-refractivity contribution is 8.00. The Morgan fingerprint density at radius 1 is 0.574 bits per heavy atom. The van der Waals surface area contributed by atoms with Gasteiger partial charge < -0.3 is 50.7 Å². The Labute approximate surface area is 273 Å². The maximum Gasteiger partial charge on any atom is 0.251 e. The summed E-state index contributed by atoms with van der Waals surface area (Å²) in [5, 5.41) is 73.2. The maximum atomic E-state index is 13.2. The first-order valence-electron chi connectivity index (χ1n) is 15.2. The molecule has 2 saturated heterocycles. The Balaban J connectivity index is 1.18. The topological polar surface area (TPSA) is 198 Å². The van der Waals surface area contributed by atoms with Crippen LogP contribution < -0.4 is 10.6 Å². The zero-order valence-corrected chi connectivity index (χ0v) is 25.8. The van der Waals surface area contributed by atoms with Gasteiger partial charge in [0.25, 0.3) is 11.8 Å². The van der Waals surface area contributed by atoms with Gasteiger partial charge in [0.2, 0.25) is 0 Å². The van der Waals surface area contributed by atoms with E-state index < -0.39 is 84.6 Å². The van der Waals surface area contributed by atoms with Gasteiger partial charge in [-0.3, -0.25) is 9.59 Å². The molecule has 4 aromatic carbocycles. The zero-order chi connectivity index (χ0) is 33.2. The van der Waals surface area contributed by atoms with Crippen molar-refractivity contribution in [3.8, 4) is 0 Å². The lowest BCUT2D eigenvalue weighted by Gasteiger charge is -2.46. The molecule has 2 fully saturated rings. The molecule has 248 valence electrons. The van der Waals surface area contributed by atoms with Crippen LogP contribution in [0.5, 0.6) is 0 Å². The second-order valence-corrected chi connectivity index (χ2v) is 12.9. The Morgan fingerprint density at radius 3 is 1.34 bits per heavy atom. The van der Waals surface area contributed by atoms with Crippen LogP contribution in [0.4, 0.5) is 0 Å². The molecule has 0 aliphatic carbocycles. The molecular weight excluding hydrogens is 628 g/mol. The van der Waals surface area contributed by atoms with E-state index in [1.165, 1.54) is 0 Å². The first kappa shape index (κ1) is 33.3. The molecule has 2 heterocycles. The highest BCUT2D eigenvalue weighted by atomic mass is 32.2. The van der Waals surface area contributed by atoms with Crippen LogP contribution in [-0.4, -0.2) is 115 Å². The summed E-state index contributed by atoms with van der Waals surface area (Å²) in [6.07, 6.45) is -8.53. The molecule has 0 bridgehead atoms. The van der Waals surface area contributed by atoms with Gasteiger partial charge in [-0.2, -0.15) is 0 Å². The minimum absolute atomic E-state index is 0.287. The average molecular weight is 665 g/mol. The average Bonchev–Trinajstić information content (AvgIpc) is 3.10. The Kier molecular flexibility index (Phi) is 10.1. The first-order valence-corrected chi connectivity index (χ1v) is 16.1. The lowest BCUT2D eigenvalue weighted by molar-refractivity contribution is -0.175. The number of thioether (sulfide) groups is 1. The number of rotatable bonds is 8. The third kappa shape index (κ3) is 6.85. The lowest BCUT2D eigenvalue weighted by atomic mass is 9.96. The molecule has 0 radical (unpaired) electrons. The summed E-state index contributed by atoms with van der Waals surface area (Å²) >= 11 is 0.766. The molecule has 47 heavy (non-hydrogen) atoms. The van der Waals surface area contributed by atoms with E-state index in [0.29, 0.717) is 0 Å². The van der Waals surface area contributed by atoms with Gasteiger partial charge in [-0.1, -0.05) is 72.4 Å². The summed E-state index contributed by atoms with van der Waals surface area (Å²) in [4.78, 5) is 26.5. The Bertz CT molecular complexity index is 1620. The summed E-state index contributed by atoms with van der Waals surface area (Å²) in [5.74, 6) is -1.15. The number of hydrogen-bond acceptors (Lipinski definition) is 11. The predicted molar refractivity (Wildman–Crippen MR) is 174 cm³/mol. The van der Waals surface area contributed by atoms with E-state index in [9.17, 15) is 40.2 Å². The summed E-state index contributed by atoms with van der Waals surface area (Å²) in [6, 6.07) is 22.5. The molecular formula is C34H36N2O10S. The minimum atomic E-state index is -1.55. The van der Waals surface area contributed by atoms with Gasteiger partial charge in [-0.05, 0) is 45.8 Å². The first-order chi connectivity index (χ1) is 22.7. The smallest absolute Gasteiger partial charge is 0.251 e. The van der Waals surface area contributed by atoms with Crippen molar-refractivity contribution in [2.75, 3.05) is 13.2 Å². The number of nitrogens with one attached hydrogen (secondary N) is 2. The van der Waals surface area contributed by atoms with E-state index in [1.54, 1.807) is 36.4 Å². The van der Waals surface area contributed by atoms with Crippen LogP contribution in [0.15, 0.2) is 84.9 Å². The van der Waals surface area contributed by atoms with Gasteiger partial charge in [0.05, 0.1) is 25.3 Å². The molecule has 10 atom stereocenters. The third-order valence-corrected chi connectivity index (χ3v) is 9.97. The number of carbonyl (C=O) groups excluding carboxylic acids is 2. The van der Waals surface area contributed by atoms with Crippen molar-refractivity contribution in [1.29, 1.82) is 0 Å². The van der Waals surface area contributed by atoms with Crippen molar-refractivity contribution < 1.29 is 49.7 Å². The van der Waals surface area contributed by atoms with Crippen molar-refractivity contribution in [3.05, 3.63) is 96.1 Å². The molecule has 6 rings (SSSR count). The molecule has 2 aliphatic heterocycles. The van der Waals surface area contributed by atoms with Gasteiger partial charge >= 0.3 is 0 Å². The van der Waals surface area contributed by atoms with Crippen LogP contribution in [0, 0.1) is 0 Å². The largest absolute Gasteiger partial charge is 0.394 e. The van der Waals surface area contributed by atoms with Crippen LogP contribution in [0.3, 0.4) is 0 Å². The molecule has 2 amide bonds. The van der Waals surface area contributed by atoms with Gasteiger partial charge in [0.15, 0.2) is 0 Å². The van der Waals surface area contributed by atoms with Crippen LogP contribution in [0.2, 0.25) is 0 Å². The van der Waals surface area contributed by atoms with Crippen LogP contribution >= 0.6 is 11.8 Å². The number of fused-ring (bicyclic) bond motifs is 2. The van der Waals surface area contributed by atoms with E-state index in [0.717, 1.165) is 33.3 Å². The number of benzene rings is 4. The number of ether oxygens (including phenoxy) is 2. The van der Waals surface area contributed by atoms with Gasteiger partial charge in [-0.15, -0.1) is 0 Å². The Hall–Kier alpha value is -3.63. The van der Waals surface area contributed by atoms with Gasteiger partial charge in [0, 0.05) is 11.1 Å². The fourth-order valence-corrected chi connectivity index (χ4v) is 7.34. The van der Waals surface area contributed by atoms with Crippen molar-refractivity contribution >= 4 is 45.1 Å². The molecule has 2 aliphatic rings. The van der Waals surface area contributed by atoms with E-state index in [2.05, 4.69) is 10.6 Å².